The molecule has 0 bridgehead atoms. The molecule has 1 saturated heterocycles. The molecule has 0 spiro atoms. The Hall–Kier alpha value is -3.43. The molecule has 1 aliphatic heterocycles. The fourth-order valence-corrected chi connectivity index (χ4v) is 4.40. The summed E-state index contributed by atoms with van der Waals surface area (Å²) in [6.45, 7) is 1.16. The van der Waals surface area contributed by atoms with Gasteiger partial charge in [-0.05, 0) is 30.5 Å². The van der Waals surface area contributed by atoms with Gasteiger partial charge in [0.25, 0.3) is 5.91 Å². The molecule has 4 rings (SSSR count). The van der Waals surface area contributed by atoms with Crippen LogP contribution in [0.5, 0.6) is 5.75 Å². The minimum atomic E-state index is -0.729. The monoisotopic (exact) mass is 480 g/mol. The topological polar surface area (TPSA) is 102 Å². The molecule has 0 unspecified atom stereocenters. The van der Waals surface area contributed by atoms with Crippen LogP contribution in [-0.4, -0.2) is 49.2 Å². The van der Waals surface area contributed by atoms with E-state index in [9.17, 15) is 9.59 Å². The second-order valence-electron chi connectivity index (χ2n) is 7.99. The minimum absolute atomic E-state index is 0.0285. The summed E-state index contributed by atoms with van der Waals surface area (Å²) in [5, 5.41) is 11.2. The lowest BCUT2D eigenvalue weighted by molar-refractivity contribution is -0.123. The van der Waals surface area contributed by atoms with Crippen LogP contribution < -0.4 is 20.7 Å². The van der Waals surface area contributed by atoms with Crippen LogP contribution in [0.1, 0.15) is 28.9 Å². The molecule has 3 N–H and O–H groups in total. The molecule has 2 amide bonds. The van der Waals surface area contributed by atoms with Crippen molar-refractivity contribution < 1.29 is 19.1 Å². The van der Waals surface area contributed by atoms with Gasteiger partial charge in [-0.15, -0.1) is 11.3 Å². The number of methoxy groups -OCH3 is 1. The Morgan fingerprint density at radius 1 is 1.21 bits per heavy atom. The predicted octanol–water partition coefficient (Wildman–Crippen LogP) is 3.53. The molecule has 2 atom stereocenters. The van der Waals surface area contributed by atoms with Gasteiger partial charge in [-0.1, -0.05) is 36.4 Å². The first-order valence-corrected chi connectivity index (χ1v) is 12.1. The zero-order valence-electron chi connectivity index (χ0n) is 19.0. The summed E-state index contributed by atoms with van der Waals surface area (Å²) in [7, 11) is 1.60. The normalized spacial score (nSPS) is 16.0. The third-order valence-electron chi connectivity index (χ3n) is 5.49. The number of rotatable bonds is 10. The number of hydrogen-bond acceptors (Lipinski definition) is 7. The molecule has 8 nitrogen and oxygen atoms in total. The highest BCUT2D eigenvalue weighted by Crippen LogP contribution is 2.24. The lowest BCUT2D eigenvalue weighted by Gasteiger charge is -2.19. The molecular formula is C25H28N4O4S. The highest BCUT2D eigenvalue weighted by atomic mass is 32.1. The van der Waals surface area contributed by atoms with Gasteiger partial charge in [0, 0.05) is 36.7 Å². The molecular weight excluding hydrogens is 452 g/mol. The lowest BCUT2D eigenvalue weighted by atomic mass is 10.0. The first-order valence-electron chi connectivity index (χ1n) is 11.2. The second-order valence-corrected chi connectivity index (χ2v) is 8.85. The van der Waals surface area contributed by atoms with Gasteiger partial charge in [0.2, 0.25) is 5.91 Å². The summed E-state index contributed by atoms with van der Waals surface area (Å²) in [4.78, 5) is 30.3. The molecule has 1 fully saturated rings. The van der Waals surface area contributed by atoms with E-state index < -0.39 is 11.9 Å². The van der Waals surface area contributed by atoms with Gasteiger partial charge >= 0.3 is 0 Å². The van der Waals surface area contributed by atoms with E-state index in [0.717, 1.165) is 36.4 Å². The van der Waals surface area contributed by atoms with Crippen molar-refractivity contribution in [3.8, 4) is 5.75 Å². The number of thiazole rings is 1. The Kier molecular flexibility index (Phi) is 8.11. The average molecular weight is 481 g/mol. The maximum absolute atomic E-state index is 13.0. The standard InChI is InChI=1S/C25H28N4O4S/c1-32-19-10-5-9-18(14-19)27-25-29-22(16-34-25)24(31)28-21(13-17-7-3-2-4-8-17)23(30)26-15-20-11-6-12-33-20/h2-5,7-10,14,16,20-21H,6,11-13,15H2,1H3,(H,26,30)(H,27,29)(H,28,31)/t20-,21-/m1/s1. The lowest BCUT2D eigenvalue weighted by Crippen LogP contribution is -2.49. The number of aromatic nitrogens is 1. The Balaban J connectivity index is 1.41. The number of carbonyl (C=O) groups is 2. The Bertz CT molecular complexity index is 1100. The highest BCUT2D eigenvalue weighted by Gasteiger charge is 2.25. The summed E-state index contributed by atoms with van der Waals surface area (Å²) in [5.41, 5.74) is 2.01. The predicted molar refractivity (Wildman–Crippen MR) is 132 cm³/mol. The smallest absolute Gasteiger partial charge is 0.271 e. The number of carbonyl (C=O) groups excluding carboxylic acids is 2. The fourth-order valence-electron chi connectivity index (χ4n) is 3.69. The zero-order chi connectivity index (χ0) is 23.8. The number of hydrogen-bond donors (Lipinski definition) is 3. The van der Waals surface area contributed by atoms with Crippen molar-refractivity contribution in [2.75, 3.05) is 25.6 Å². The van der Waals surface area contributed by atoms with Crippen LogP contribution in [-0.2, 0) is 16.0 Å². The van der Waals surface area contributed by atoms with Crippen molar-refractivity contribution in [2.45, 2.75) is 31.4 Å². The van der Waals surface area contributed by atoms with Gasteiger partial charge < -0.3 is 25.4 Å². The second kappa shape index (κ2) is 11.6. The van der Waals surface area contributed by atoms with Crippen molar-refractivity contribution in [1.29, 1.82) is 0 Å². The molecule has 3 aromatic rings. The Morgan fingerprint density at radius 3 is 2.82 bits per heavy atom. The van der Waals surface area contributed by atoms with Gasteiger partial charge in [-0.25, -0.2) is 4.98 Å². The van der Waals surface area contributed by atoms with Gasteiger partial charge in [0.15, 0.2) is 5.13 Å². The number of nitrogens with one attached hydrogen (secondary N) is 3. The molecule has 2 aromatic carbocycles. The van der Waals surface area contributed by atoms with Gasteiger partial charge in [0.05, 0.1) is 13.2 Å². The van der Waals surface area contributed by atoms with Gasteiger partial charge in [-0.3, -0.25) is 9.59 Å². The number of amides is 2. The quantitative estimate of drug-likeness (QED) is 0.410. The van der Waals surface area contributed by atoms with E-state index in [1.807, 2.05) is 54.6 Å². The van der Waals surface area contributed by atoms with E-state index in [1.54, 1.807) is 12.5 Å². The Labute approximate surface area is 202 Å². The third kappa shape index (κ3) is 6.55. The first-order chi connectivity index (χ1) is 16.6. The first kappa shape index (κ1) is 23.7. The van der Waals surface area contributed by atoms with E-state index >= 15 is 0 Å². The molecule has 0 aliphatic carbocycles. The average Bonchev–Trinajstić information content (AvgIpc) is 3.55. The van der Waals surface area contributed by atoms with Crippen LogP contribution >= 0.6 is 11.3 Å². The van der Waals surface area contributed by atoms with Crippen LogP contribution in [0.15, 0.2) is 60.0 Å². The van der Waals surface area contributed by atoms with Crippen molar-refractivity contribution >= 4 is 34.0 Å². The molecule has 1 aliphatic rings. The molecule has 0 radical (unpaired) electrons. The molecule has 2 heterocycles. The number of anilines is 2. The summed E-state index contributed by atoms with van der Waals surface area (Å²) in [6, 6.07) is 16.3. The van der Waals surface area contributed by atoms with Crippen LogP contribution in [0.4, 0.5) is 10.8 Å². The molecule has 9 heteroatoms. The molecule has 0 saturated carbocycles. The molecule has 1 aromatic heterocycles. The van der Waals surface area contributed by atoms with Crippen LogP contribution in [0, 0.1) is 0 Å². The van der Waals surface area contributed by atoms with E-state index in [4.69, 9.17) is 9.47 Å². The van der Waals surface area contributed by atoms with Crippen LogP contribution in [0.3, 0.4) is 0 Å². The highest BCUT2D eigenvalue weighted by molar-refractivity contribution is 7.14. The molecule has 34 heavy (non-hydrogen) atoms. The van der Waals surface area contributed by atoms with Crippen LogP contribution in [0.25, 0.3) is 0 Å². The molecule has 178 valence electrons. The van der Waals surface area contributed by atoms with Gasteiger partial charge in [0.1, 0.15) is 17.5 Å². The Morgan fingerprint density at radius 2 is 2.06 bits per heavy atom. The summed E-state index contributed by atoms with van der Waals surface area (Å²) in [5.74, 6) is 0.0816. The minimum Gasteiger partial charge on any atom is -0.497 e. The summed E-state index contributed by atoms with van der Waals surface area (Å²) >= 11 is 1.31. The third-order valence-corrected chi connectivity index (χ3v) is 6.25. The maximum Gasteiger partial charge on any atom is 0.271 e. The van der Waals surface area contributed by atoms with E-state index in [1.165, 1.54) is 11.3 Å². The number of benzene rings is 2. The summed E-state index contributed by atoms with van der Waals surface area (Å²) < 4.78 is 10.8. The fraction of sp³-hybridized carbons (Fsp3) is 0.320. The zero-order valence-corrected chi connectivity index (χ0v) is 19.8. The van der Waals surface area contributed by atoms with Crippen molar-refractivity contribution in [2.24, 2.45) is 0 Å². The van der Waals surface area contributed by atoms with E-state index in [2.05, 4.69) is 20.9 Å². The SMILES string of the molecule is COc1cccc(Nc2nc(C(=O)N[C@H](Cc3ccccc3)C(=O)NC[C@H]3CCCO3)cs2)c1. The number of nitrogens with zero attached hydrogens (tertiary/aromatic N) is 1. The van der Waals surface area contributed by atoms with E-state index in [0.29, 0.717) is 18.1 Å². The van der Waals surface area contributed by atoms with Crippen molar-refractivity contribution in [1.82, 2.24) is 15.6 Å². The number of ether oxygens (including phenoxy) is 2. The van der Waals surface area contributed by atoms with Gasteiger partial charge in [-0.2, -0.15) is 0 Å². The summed E-state index contributed by atoms with van der Waals surface area (Å²) in [6.07, 6.45) is 2.34. The van der Waals surface area contributed by atoms with Crippen LogP contribution in [0.2, 0.25) is 0 Å². The van der Waals surface area contributed by atoms with Crippen molar-refractivity contribution in [3.05, 3.63) is 71.2 Å². The maximum atomic E-state index is 13.0. The largest absolute Gasteiger partial charge is 0.497 e. The van der Waals surface area contributed by atoms with Crippen molar-refractivity contribution in [3.63, 3.8) is 0 Å². The van der Waals surface area contributed by atoms with E-state index in [-0.39, 0.29) is 17.7 Å².